The molecule has 0 spiro atoms. The van der Waals surface area contributed by atoms with Crippen molar-refractivity contribution in [3.8, 4) is 11.1 Å². The number of nitrogens with one attached hydrogen (secondary N) is 2. The number of aromatic amines is 2. The molecule has 0 bridgehead atoms. The van der Waals surface area contributed by atoms with Gasteiger partial charge in [-0.25, -0.2) is 9.97 Å². The van der Waals surface area contributed by atoms with Crippen LogP contribution in [0.25, 0.3) is 32.4 Å². The smallest absolute Gasteiger partial charge is 0.260 e. The molecule has 0 aliphatic rings. The Morgan fingerprint density at radius 2 is 1.67 bits per heavy atom. The first-order valence-corrected chi connectivity index (χ1v) is 9.52. The Morgan fingerprint density at radius 1 is 0.926 bits per heavy atom. The van der Waals surface area contributed by atoms with E-state index in [4.69, 9.17) is 4.98 Å². The fraction of sp³-hybridized carbons (Fsp3) is 0.0952. The molecule has 6 heteroatoms. The maximum Gasteiger partial charge on any atom is 0.260 e. The molecule has 3 heterocycles. The number of nitrogens with zero attached hydrogens (tertiary/aromatic N) is 2. The number of fused-ring (bicyclic) bond motifs is 2. The van der Waals surface area contributed by atoms with Gasteiger partial charge in [-0.05, 0) is 24.6 Å². The fourth-order valence-corrected chi connectivity index (χ4v) is 4.51. The summed E-state index contributed by atoms with van der Waals surface area (Å²) in [7, 11) is 0. The summed E-state index contributed by atoms with van der Waals surface area (Å²) in [4.78, 5) is 30.2. The third-order valence-corrected chi connectivity index (χ3v) is 5.62. The van der Waals surface area contributed by atoms with Gasteiger partial charge in [0.05, 0.1) is 22.8 Å². The number of hydrogen-bond donors (Lipinski definition) is 2. The monoisotopic (exact) mass is 372 g/mol. The van der Waals surface area contributed by atoms with E-state index in [9.17, 15) is 4.79 Å². The van der Waals surface area contributed by atoms with Gasteiger partial charge in [-0.2, -0.15) is 0 Å². The Hall–Kier alpha value is -3.25. The molecule has 2 N–H and O–H groups in total. The third kappa shape index (κ3) is 2.74. The zero-order chi connectivity index (χ0) is 18.4. The molecule has 5 aromatic rings. The van der Waals surface area contributed by atoms with Gasteiger partial charge in [0.1, 0.15) is 16.5 Å². The van der Waals surface area contributed by atoms with E-state index >= 15 is 0 Å². The van der Waals surface area contributed by atoms with Crippen molar-refractivity contribution in [1.29, 1.82) is 0 Å². The second-order valence-corrected chi connectivity index (χ2v) is 7.67. The molecule has 0 saturated carbocycles. The number of rotatable bonds is 3. The molecule has 0 saturated heterocycles. The van der Waals surface area contributed by atoms with Crippen LogP contribution in [0.5, 0.6) is 0 Å². The summed E-state index contributed by atoms with van der Waals surface area (Å²) in [5.41, 5.74) is 3.80. The Balaban J connectivity index is 1.60. The number of aromatic nitrogens is 4. The molecular weight excluding hydrogens is 356 g/mol. The number of H-pyrrole nitrogens is 2. The number of aryl methyl sites for hydroxylation is 1. The van der Waals surface area contributed by atoms with Crippen LogP contribution in [-0.4, -0.2) is 19.9 Å². The average Bonchev–Trinajstić information content (AvgIpc) is 3.22. The van der Waals surface area contributed by atoms with E-state index in [-0.39, 0.29) is 5.56 Å². The second-order valence-electron chi connectivity index (χ2n) is 6.47. The molecule has 132 valence electrons. The number of benzene rings is 2. The quantitative estimate of drug-likeness (QED) is 0.492. The summed E-state index contributed by atoms with van der Waals surface area (Å²) in [6.45, 7) is 2.03. The zero-order valence-corrected chi connectivity index (χ0v) is 15.4. The van der Waals surface area contributed by atoms with Crippen LogP contribution in [0.3, 0.4) is 0 Å². The summed E-state index contributed by atoms with van der Waals surface area (Å²) in [6, 6.07) is 17.9. The summed E-state index contributed by atoms with van der Waals surface area (Å²) in [5.74, 6) is 1.41. The van der Waals surface area contributed by atoms with Crippen LogP contribution in [0.15, 0.2) is 59.4 Å². The lowest BCUT2D eigenvalue weighted by atomic mass is 10.0. The van der Waals surface area contributed by atoms with Crippen LogP contribution in [0, 0.1) is 6.92 Å². The summed E-state index contributed by atoms with van der Waals surface area (Å²) in [5, 5.41) is 0.664. The van der Waals surface area contributed by atoms with Gasteiger partial charge in [0.2, 0.25) is 0 Å². The van der Waals surface area contributed by atoms with Gasteiger partial charge in [0.25, 0.3) is 5.56 Å². The Morgan fingerprint density at radius 3 is 2.48 bits per heavy atom. The van der Waals surface area contributed by atoms with Crippen molar-refractivity contribution in [3.05, 3.63) is 81.5 Å². The summed E-state index contributed by atoms with van der Waals surface area (Å²) >= 11 is 1.56. The molecule has 0 aliphatic heterocycles. The van der Waals surface area contributed by atoms with Crippen molar-refractivity contribution in [2.45, 2.75) is 13.3 Å². The van der Waals surface area contributed by atoms with Crippen LogP contribution in [-0.2, 0) is 6.42 Å². The Labute approximate surface area is 158 Å². The number of para-hydroxylation sites is 2. The number of hydrogen-bond acceptors (Lipinski definition) is 4. The Kier molecular flexibility index (Phi) is 3.65. The molecule has 0 fully saturated rings. The van der Waals surface area contributed by atoms with Crippen LogP contribution in [0.4, 0.5) is 0 Å². The van der Waals surface area contributed by atoms with E-state index < -0.39 is 0 Å². The Bertz CT molecular complexity index is 1300. The van der Waals surface area contributed by atoms with Crippen molar-refractivity contribution < 1.29 is 0 Å². The van der Waals surface area contributed by atoms with Gasteiger partial charge >= 0.3 is 0 Å². The van der Waals surface area contributed by atoms with Crippen molar-refractivity contribution in [3.63, 3.8) is 0 Å². The molecule has 0 atom stereocenters. The third-order valence-electron chi connectivity index (χ3n) is 4.62. The lowest BCUT2D eigenvalue weighted by Gasteiger charge is -2.02. The summed E-state index contributed by atoms with van der Waals surface area (Å²) in [6.07, 6.45) is 0.456. The van der Waals surface area contributed by atoms with Gasteiger partial charge < -0.3 is 9.97 Å². The van der Waals surface area contributed by atoms with E-state index in [1.165, 1.54) is 0 Å². The van der Waals surface area contributed by atoms with Crippen LogP contribution < -0.4 is 5.56 Å². The molecule has 5 rings (SSSR count). The molecule has 0 unspecified atom stereocenters. The lowest BCUT2D eigenvalue weighted by Crippen LogP contribution is -2.12. The zero-order valence-electron chi connectivity index (χ0n) is 14.6. The maximum absolute atomic E-state index is 12.8. The molecule has 0 radical (unpaired) electrons. The topological polar surface area (TPSA) is 74.4 Å². The summed E-state index contributed by atoms with van der Waals surface area (Å²) < 4.78 is 0. The fourth-order valence-electron chi connectivity index (χ4n) is 3.45. The molecule has 0 amide bonds. The normalized spacial score (nSPS) is 11.4. The second kappa shape index (κ2) is 6.17. The highest BCUT2D eigenvalue weighted by atomic mass is 32.1. The van der Waals surface area contributed by atoms with E-state index in [1.54, 1.807) is 11.3 Å². The largest absolute Gasteiger partial charge is 0.342 e. The van der Waals surface area contributed by atoms with Crippen molar-refractivity contribution >= 4 is 32.6 Å². The highest BCUT2D eigenvalue weighted by Crippen LogP contribution is 2.35. The van der Waals surface area contributed by atoms with Gasteiger partial charge in [-0.15, -0.1) is 11.3 Å². The standard InChI is InChI=1S/C21H16N4OS/c1-12-18(13-7-3-2-4-8-13)19-20(26)24-17(25-21(19)27-12)11-16-22-14-9-5-6-10-15(14)23-16/h2-10H,11H2,1H3,(H,22,23)(H,24,25,26). The van der Waals surface area contributed by atoms with Gasteiger partial charge in [-0.1, -0.05) is 42.5 Å². The van der Waals surface area contributed by atoms with Crippen LogP contribution in [0.1, 0.15) is 16.5 Å². The van der Waals surface area contributed by atoms with Crippen LogP contribution in [0.2, 0.25) is 0 Å². The molecule has 2 aromatic carbocycles. The van der Waals surface area contributed by atoms with Crippen molar-refractivity contribution in [2.75, 3.05) is 0 Å². The molecule has 27 heavy (non-hydrogen) atoms. The highest BCUT2D eigenvalue weighted by Gasteiger charge is 2.17. The SMILES string of the molecule is Cc1sc2nc(Cc3nc4ccccc4[nH]3)[nH]c(=O)c2c1-c1ccccc1. The minimum Gasteiger partial charge on any atom is -0.342 e. The molecule has 5 nitrogen and oxygen atoms in total. The van der Waals surface area contributed by atoms with E-state index in [0.717, 1.165) is 37.7 Å². The maximum atomic E-state index is 12.8. The minimum atomic E-state index is -0.102. The van der Waals surface area contributed by atoms with E-state index in [0.29, 0.717) is 17.6 Å². The van der Waals surface area contributed by atoms with Gasteiger partial charge in [0.15, 0.2) is 0 Å². The number of imidazole rings is 1. The average molecular weight is 372 g/mol. The van der Waals surface area contributed by atoms with Crippen LogP contribution >= 0.6 is 11.3 Å². The van der Waals surface area contributed by atoms with E-state index in [1.807, 2.05) is 61.5 Å². The first-order chi connectivity index (χ1) is 13.2. The van der Waals surface area contributed by atoms with E-state index in [2.05, 4.69) is 15.0 Å². The highest BCUT2D eigenvalue weighted by molar-refractivity contribution is 7.19. The predicted molar refractivity (Wildman–Crippen MR) is 109 cm³/mol. The first-order valence-electron chi connectivity index (χ1n) is 8.70. The first kappa shape index (κ1) is 16.0. The van der Waals surface area contributed by atoms with Gasteiger partial charge in [-0.3, -0.25) is 4.79 Å². The van der Waals surface area contributed by atoms with Crippen molar-refractivity contribution in [1.82, 2.24) is 19.9 Å². The predicted octanol–water partition coefficient (Wildman–Crippen LogP) is 4.43. The molecule has 3 aromatic heterocycles. The lowest BCUT2D eigenvalue weighted by molar-refractivity contribution is 0.924. The molecule has 0 aliphatic carbocycles. The van der Waals surface area contributed by atoms with Gasteiger partial charge in [0, 0.05) is 10.4 Å². The minimum absolute atomic E-state index is 0.102. The molecular formula is C21H16N4OS. The van der Waals surface area contributed by atoms with Crippen molar-refractivity contribution in [2.24, 2.45) is 0 Å². The number of thiophene rings is 1.